The quantitative estimate of drug-likeness (QED) is 0.674. The van der Waals surface area contributed by atoms with Crippen LogP contribution in [0.2, 0.25) is 0 Å². The summed E-state index contributed by atoms with van der Waals surface area (Å²) in [7, 11) is 0. The molecule has 2 aromatic rings. The van der Waals surface area contributed by atoms with Gasteiger partial charge in [-0.15, -0.1) is 0 Å². The Hall–Kier alpha value is -3.14. The molecule has 2 aliphatic heterocycles. The Labute approximate surface area is 125 Å². The van der Waals surface area contributed by atoms with E-state index in [-0.39, 0.29) is 5.91 Å². The zero-order valence-electron chi connectivity index (χ0n) is 11.6. The summed E-state index contributed by atoms with van der Waals surface area (Å²) in [5.41, 5.74) is 1.10. The number of hydrogen-bond donors (Lipinski definition) is 3. The fourth-order valence-electron chi connectivity index (χ4n) is 3.50. The van der Waals surface area contributed by atoms with Crippen LogP contribution in [0.1, 0.15) is 16.8 Å². The number of aryl methyl sites for hydroxylation is 1. The highest BCUT2D eigenvalue weighted by molar-refractivity contribution is 6.16. The number of aromatic amines is 1. The van der Waals surface area contributed by atoms with Crippen LogP contribution in [-0.2, 0) is 15.0 Å². The number of para-hydroxylation sites is 1. The summed E-state index contributed by atoms with van der Waals surface area (Å²) in [6.45, 7) is 1.77. The van der Waals surface area contributed by atoms with Gasteiger partial charge in [0.1, 0.15) is 11.3 Å². The van der Waals surface area contributed by atoms with E-state index in [9.17, 15) is 14.9 Å². The lowest BCUT2D eigenvalue weighted by Gasteiger charge is -2.35. The Bertz CT molecular complexity index is 878. The molecular formula is C15H11N5O2. The molecule has 108 valence electrons. The SMILES string of the molecule is Cc1[nH]nc2c1[C@]1(C(=O)Nc3ccccc31)[C@H](C#N)C(=O)N2. The molecule has 2 atom stereocenters. The topological polar surface area (TPSA) is 111 Å². The van der Waals surface area contributed by atoms with Gasteiger partial charge in [0.15, 0.2) is 5.82 Å². The molecule has 22 heavy (non-hydrogen) atoms. The van der Waals surface area contributed by atoms with Crippen molar-refractivity contribution in [1.82, 2.24) is 10.2 Å². The number of nitrogens with one attached hydrogen (secondary N) is 3. The summed E-state index contributed by atoms with van der Waals surface area (Å²) in [6, 6.07) is 9.12. The van der Waals surface area contributed by atoms with E-state index < -0.39 is 17.2 Å². The number of nitriles is 1. The van der Waals surface area contributed by atoms with Gasteiger partial charge in [-0.3, -0.25) is 14.7 Å². The van der Waals surface area contributed by atoms with E-state index in [2.05, 4.69) is 20.8 Å². The lowest BCUT2D eigenvalue weighted by atomic mass is 9.64. The molecule has 4 rings (SSSR count). The van der Waals surface area contributed by atoms with Crippen LogP contribution >= 0.6 is 0 Å². The third kappa shape index (κ3) is 1.22. The number of rotatable bonds is 0. The monoisotopic (exact) mass is 293 g/mol. The number of amides is 2. The van der Waals surface area contributed by atoms with E-state index in [4.69, 9.17) is 0 Å². The fourth-order valence-corrected chi connectivity index (χ4v) is 3.50. The van der Waals surface area contributed by atoms with Crippen LogP contribution in [0.25, 0.3) is 0 Å². The number of anilines is 2. The number of hydrogen-bond acceptors (Lipinski definition) is 4. The molecule has 1 spiro atoms. The maximum atomic E-state index is 12.9. The summed E-state index contributed by atoms with van der Waals surface area (Å²) >= 11 is 0. The van der Waals surface area contributed by atoms with E-state index in [0.717, 1.165) is 0 Å². The molecule has 7 heteroatoms. The van der Waals surface area contributed by atoms with Crippen molar-refractivity contribution < 1.29 is 9.59 Å². The van der Waals surface area contributed by atoms with Gasteiger partial charge in [-0.1, -0.05) is 18.2 Å². The van der Waals surface area contributed by atoms with Crippen LogP contribution in [0.5, 0.6) is 0 Å². The van der Waals surface area contributed by atoms with Crippen LogP contribution in [-0.4, -0.2) is 22.0 Å². The molecule has 1 aromatic heterocycles. The van der Waals surface area contributed by atoms with E-state index >= 15 is 0 Å². The molecule has 0 saturated heterocycles. The largest absolute Gasteiger partial charge is 0.325 e. The smallest absolute Gasteiger partial charge is 0.244 e. The van der Waals surface area contributed by atoms with Gasteiger partial charge < -0.3 is 10.6 Å². The first-order valence-corrected chi connectivity index (χ1v) is 6.77. The molecule has 0 bridgehead atoms. The minimum absolute atomic E-state index is 0.306. The Morgan fingerprint density at radius 2 is 2.05 bits per heavy atom. The van der Waals surface area contributed by atoms with Gasteiger partial charge in [0.2, 0.25) is 11.8 Å². The Morgan fingerprint density at radius 1 is 1.27 bits per heavy atom. The number of nitrogens with zero attached hydrogens (tertiary/aromatic N) is 2. The maximum Gasteiger partial charge on any atom is 0.244 e. The van der Waals surface area contributed by atoms with E-state index in [1.54, 1.807) is 31.2 Å². The lowest BCUT2D eigenvalue weighted by Crippen LogP contribution is -2.51. The van der Waals surface area contributed by atoms with Crippen LogP contribution in [0.4, 0.5) is 11.5 Å². The van der Waals surface area contributed by atoms with Crippen molar-refractivity contribution in [3.05, 3.63) is 41.1 Å². The molecule has 1 aromatic carbocycles. The van der Waals surface area contributed by atoms with Crippen molar-refractivity contribution in [3.8, 4) is 6.07 Å². The Kier molecular flexibility index (Phi) is 2.26. The highest BCUT2D eigenvalue weighted by Gasteiger charge is 2.61. The number of carbonyl (C=O) groups excluding carboxylic acids is 2. The van der Waals surface area contributed by atoms with Crippen LogP contribution < -0.4 is 10.6 Å². The van der Waals surface area contributed by atoms with Crippen molar-refractivity contribution in [1.29, 1.82) is 5.26 Å². The van der Waals surface area contributed by atoms with Gasteiger partial charge >= 0.3 is 0 Å². The van der Waals surface area contributed by atoms with Gasteiger partial charge in [-0.25, -0.2) is 0 Å². The van der Waals surface area contributed by atoms with E-state index in [1.807, 2.05) is 6.07 Å². The van der Waals surface area contributed by atoms with Crippen molar-refractivity contribution in [2.45, 2.75) is 12.3 Å². The molecule has 0 unspecified atom stereocenters. The first kappa shape index (κ1) is 12.6. The lowest BCUT2D eigenvalue weighted by molar-refractivity contribution is -0.127. The van der Waals surface area contributed by atoms with Crippen LogP contribution in [0, 0.1) is 24.2 Å². The van der Waals surface area contributed by atoms with Crippen LogP contribution in [0.3, 0.4) is 0 Å². The second kappa shape index (κ2) is 3.95. The molecule has 3 heterocycles. The van der Waals surface area contributed by atoms with Gasteiger partial charge in [0.05, 0.1) is 6.07 Å². The van der Waals surface area contributed by atoms with Gasteiger partial charge in [-0.2, -0.15) is 10.4 Å². The molecule has 0 aliphatic carbocycles. The summed E-state index contributed by atoms with van der Waals surface area (Å²) in [4.78, 5) is 25.2. The van der Waals surface area contributed by atoms with Crippen molar-refractivity contribution in [2.75, 3.05) is 10.6 Å². The molecule has 7 nitrogen and oxygen atoms in total. The number of H-pyrrole nitrogens is 1. The van der Waals surface area contributed by atoms with Crippen molar-refractivity contribution >= 4 is 23.3 Å². The normalized spacial score (nSPS) is 25.2. The third-order valence-electron chi connectivity index (χ3n) is 4.37. The summed E-state index contributed by atoms with van der Waals surface area (Å²) in [6.07, 6.45) is 0. The van der Waals surface area contributed by atoms with E-state index in [1.165, 1.54) is 0 Å². The molecular weight excluding hydrogens is 282 g/mol. The predicted molar refractivity (Wildman–Crippen MR) is 76.9 cm³/mol. The Balaban J connectivity index is 2.15. The zero-order chi connectivity index (χ0) is 15.5. The molecule has 0 fully saturated rings. The standard InChI is InChI=1S/C15H11N5O2/c1-7-11-12(20-19-7)18-13(21)9(6-16)15(11)8-4-2-3-5-10(8)17-14(15)22/h2-5,9H,1H3,(H,17,22)(H2,18,19,20,21)/t9-,15-/m1/s1. The first-order valence-electron chi connectivity index (χ1n) is 6.77. The number of carbonyl (C=O) groups is 2. The highest BCUT2D eigenvalue weighted by Crippen LogP contribution is 2.52. The van der Waals surface area contributed by atoms with Crippen LogP contribution in [0.15, 0.2) is 24.3 Å². The zero-order valence-corrected chi connectivity index (χ0v) is 11.6. The minimum Gasteiger partial charge on any atom is -0.325 e. The highest BCUT2D eigenvalue weighted by atomic mass is 16.2. The molecule has 0 saturated carbocycles. The average molecular weight is 293 g/mol. The first-order chi connectivity index (χ1) is 10.6. The number of benzene rings is 1. The van der Waals surface area contributed by atoms with Gasteiger partial charge in [-0.05, 0) is 18.6 Å². The van der Waals surface area contributed by atoms with Gasteiger partial charge in [0.25, 0.3) is 0 Å². The third-order valence-corrected chi connectivity index (χ3v) is 4.37. The van der Waals surface area contributed by atoms with Crippen molar-refractivity contribution in [3.63, 3.8) is 0 Å². The predicted octanol–water partition coefficient (Wildman–Crippen LogP) is 1.05. The summed E-state index contributed by atoms with van der Waals surface area (Å²) in [5, 5.41) is 21.8. The maximum absolute atomic E-state index is 12.9. The van der Waals surface area contributed by atoms with E-state index in [0.29, 0.717) is 28.3 Å². The number of aromatic nitrogens is 2. The molecule has 2 amide bonds. The Morgan fingerprint density at radius 3 is 2.82 bits per heavy atom. The fraction of sp³-hybridized carbons (Fsp3) is 0.200. The molecule has 0 radical (unpaired) electrons. The number of fused-ring (bicyclic) bond motifs is 4. The average Bonchev–Trinajstić information content (AvgIpc) is 3.00. The second-order valence-electron chi connectivity index (χ2n) is 5.43. The summed E-state index contributed by atoms with van der Waals surface area (Å²) in [5.74, 6) is -1.74. The summed E-state index contributed by atoms with van der Waals surface area (Å²) < 4.78 is 0. The van der Waals surface area contributed by atoms with Crippen molar-refractivity contribution in [2.24, 2.45) is 5.92 Å². The molecule has 2 aliphatic rings. The minimum atomic E-state index is -1.36. The second-order valence-corrected chi connectivity index (χ2v) is 5.43. The van der Waals surface area contributed by atoms with Gasteiger partial charge in [0, 0.05) is 16.9 Å². The molecule has 3 N–H and O–H groups in total.